The summed E-state index contributed by atoms with van der Waals surface area (Å²) in [5.74, 6) is -0.371. The van der Waals surface area contributed by atoms with Gasteiger partial charge in [0.25, 0.3) is 11.8 Å². The lowest BCUT2D eigenvalue weighted by molar-refractivity contribution is 0.0942. The van der Waals surface area contributed by atoms with Crippen molar-refractivity contribution in [1.29, 1.82) is 0 Å². The third-order valence-electron chi connectivity index (χ3n) is 13.9. The van der Waals surface area contributed by atoms with E-state index in [1.165, 1.54) is 59.8 Å². The number of nitrogens with one attached hydrogen (secondary N) is 2. The van der Waals surface area contributed by atoms with E-state index in [0.717, 1.165) is 45.9 Å². The Morgan fingerprint density at radius 1 is 0.588 bits per heavy atom. The Labute approximate surface area is 400 Å². The molecule has 2 N–H and O–H groups in total. The zero-order valence-corrected chi connectivity index (χ0v) is 38.3. The molecule has 0 spiro atoms. The SMILES string of the molecule is COc1ccc(Cl)c(CNC(=O)c2ccc3c(c2)C2C=C(c4coc5ccccc45)C3C2)c1F.COc1ccc(Cl)c(CNC(=O)c2ccc3c(c2)C2CC3C=C2c2coc3ccccc23)c1F. The molecule has 8 nitrogen and oxygen atoms in total. The number of rotatable bonds is 10. The maximum Gasteiger partial charge on any atom is 0.251 e. The molecule has 4 aliphatic carbocycles. The quantitative estimate of drug-likeness (QED) is 0.142. The van der Waals surface area contributed by atoms with Gasteiger partial charge in [0, 0.05) is 91.0 Å². The van der Waals surface area contributed by atoms with Crippen molar-refractivity contribution < 1.29 is 36.7 Å². The number of hydrogen-bond donors (Lipinski definition) is 2. The predicted octanol–water partition coefficient (Wildman–Crippen LogP) is 13.7. The number of ether oxygens (including phenoxy) is 2. The minimum Gasteiger partial charge on any atom is -0.494 e. The Bertz CT molecular complexity index is 3430. The number of hydrogen-bond acceptors (Lipinski definition) is 6. The van der Waals surface area contributed by atoms with Crippen LogP contribution < -0.4 is 20.1 Å². The first-order valence-corrected chi connectivity index (χ1v) is 23.1. The number of furan rings is 2. The van der Waals surface area contributed by atoms with Gasteiger partial charge in [-0.1, -0.05) is 83.9 Å². The molecule has 4 unspecified atom stereocenters. The van der Waals surface area contributed by atoms with E-state index in [2.05, 4.69) is 34.9 Å². The Morgan fingerprint density at radius 3 is 1.56 bits per heavy atom. The fourth-order valence-corrected chi connectivity index (χ4v) is 11.0. The smallest absolute Gasteiger partial charge is 0.251 e. The molecular weight excluding hydrogens is 906 g/mol. The van der Waals surface area contributed by atoms with Crippen LogP contribution in [0.2, 0.25) is 10.0 Å². The van der Waals surface area contributed by atoms with Crippen LogP contribution >= 0.6 is 23.2 Å². The van der Waals surface area contributed by atoms with E-state index < -0.39 is 11.6 Å². The molecule has 0 saturated carbocycles. The molecule has 6 aromatic carbocycles. The Hall–Kier alpha value is -7.14. The average Bonchev–Trinajstić information content (AvgIpc) is 4.24. The lowest BCUT2D eigenvalue weighted by Crippen LogP contribution is -2.24. The van der Waals surface area contributed by atoms with Gasteiger partial charge in [0.05, 0.1) is 26.7 Å². The Morgan fingerprint density at radius 2 is 1.04 bits per heavy atom. The van der Waals surface area contributed by atoms with Crippen molar-refractivity contribution in [3.05, 3.63) is 211 Å². The van der Waals surface area contributed by atoms with Gasteiger partial charge in [-0.15, -0.1) is 0 Å². The number of carbonyl (C=O) groups excluding carboxylic acids is 2. The van der Waals surface area contributed by atoms with Crippen LogP contribution in [0.4, 0.5) is 8.78 Å². The van der Waals surface area contributed by atoms with Crippen LogP contribution in [0.1, 0.15) is 102 Å². The number of fused-ring (bicyclic) bond motifs is 12. The number of carbonyl (C=O) groups is 2. The molecule has 2 amide bonds. The normalized spacial score (nSPS) is 18.1. The van der Waals surface area contributed by atoms with Crippen molar-refractivity contribution in [2.45, 2.75) is 49.6 Å². The van der Waals surface area contributed by atoms with Gasteiger partial charge in [0.1, 0.15) is 11.2 Å². The second-order valence-corrected chi connectivity index (χ2v) is 18.3. The number of amides is 2. The molecule has 0 saturated heterocycles. The van der Waals surface area contributed by atoms with Gasteiger partial charge >= 0.3 is 0 Å². The summed E-state index contributed by atoms with van der Waals surface area (Å²) < 4.78 is 50.7. The molecular formula is C56H42Cl2F2N2O6. The van der Waals surface area contributed by atoms with Crippen LogP contribution in [0.15, 0.2) is 143 Å². The fraction of sp³-hybridized carbons (Fsp3) is 0.179. The van der Waals surface area contributed by atoms with E-state index >= 15 is 0 Å². The highest BCUT2D eigenvalue weighted by atomic mass is 35.5. The van der Waals surface area contributed by atoms with Crippen molar-refractivity contribution in [2.75, 3.05) is 14.2 Å². The van der Waals surface area contributed by atoms with E-state index in [1.807, 2.05) is 85.3 Å². The second-order valence-electron chi connectivity index (χ2n) is 17.5. The van der Waals surface area contributed by atoms with Crippen LogP contribution in [0, 0.1) is 11.6 Å². The van der Waals surface area contributed by atoms with E-state index in [4.69, 9.17) is 41.5 Å². The van der Waals surface area contributed by atoms with Gasteiger partial charge in [0.15, 0.2) is 23.1 Å². The minimum absolute atomic E-state index is 0.0263. The molecule has 2 aromatic heterocycles. The highest BCUT2D eigenvalue weighted by molar-refractivity contribution is 6.31. The van der Waals surface area contributed by atoms with Crippen molar-refractivity contribution in [3.63, 3.8) is 0 Å². The number of methoxy groups -OCH3 is 2. The summed E-state index contributed by atoms with van der Waals surface area (Å²) in [5, 5.41) is 8.31. The summed E-state index contributed by atoms with van der Waals surface area (Å²) in [7, 11) is 2.78. The first-order chi connectivity index (χ1) is 33.1. The van der Waals surface area contributed by atoms with Gasteiger partial charge in [-0.2, -0.15) is 0 Å². The fourth-order valence-electron chi connectivity index (χ4n) is 10.6. The summed E-state index contributed by atoms with van der Waals surface area (Å²) in [5.41, 5.74) is 12.9. The Kier molecular flexibility index (Phi) is 11.2. The topological polar surface area (TPSA) is 103 Å². The summed E-state index contributed by atoms with van der Waals surface area (Å²) in [6.45, 7) is -0.0581. The van der Waals surface area contributed by atoms with Crippen molar-refractivity contribution in [3.8, 4) is 11.5 Å². The van der Waals surface area contributed by atoms with Crippen molar-refractivity contribution >= 4 is 68.1 Å². The summed E-state index contributed by atoms with van der Waals surface area (Å²) in [6.07, 6.45) is 10.3. The molecule has 4 atom stereocenters. The molecule has 0 radical (unpaired) electrons. The van der Waals surface area contributed by atoms with Crippen LogP contribution in [-0.2, 0) is 13.1 Å². The summed E-state index contributed by atoms with van der Waals surface area (Å²) >= 11 is 12.3. The van der Waals surface area contributed by atoms with E-state index in [1.54, 1.807) is 12.1 Å². The highest BCUT2D eigenvalue weighted by Gasteiger charge is 2.41. The summed E-state index contributed by atoms with van der Waals surface area (Å²) in [4.78, 5) is 25.8. The first-order valence-electron chi connectivity index (χ1n) is 22.3. The number of benzene rings is 6. The van der Waals surface area contributed by atoms with Gasteiger partial charge < -0.3 is 28.9 Å². The lowest BCUT2D eigenvalue weighted by atomic mass is 9.86. The molecule has 68 heavy (non-hydrogen) atoms. The average molecular weight is 948 g/mol. The molecule has 12 rings (SSSR count). The van der Waals surface area contributed by atoms with Gasteiger partial charge in [-0.05, 0) is 107 Å². The van der Waals surface area contributed by atoms with Crippen LogP contribution in [0.3, 0.4) is 0 Å². The Balaban J connectivity index is 0.000000149. The summed E-state index contributed by atoms with van der Waals surface area (Å²) in [6, 6.07) is 33.8. The second kappa shape index (κ2) is 17.5. The van der Waals surface area contributed by atoms with E-state index in [9.17, 15) is 18.4 Å². The van der Waals surface area contributed by atoms with E-state index in [0.29, 0.717) is 23.0 Å². The molecule has 4 aliphatic rings. The zero-order chi connectivity index (χ0) is 46.8. The van der Waals surface area contributed by atoms with Gasteiger partial charge in [-0.25, -0.2) is 8.78 Å². The van der Waals surface area contributed by atoms with Gasteiger partial charge in [-0.3, -0.25) is 9.59 Å². The number of allylic oxidation sites excluding steroid dienone is 4. The van der Waals surface area contributed by atoms with Crippen LogP contribution in [0.25, 0.3) is 33.1 Å². The molecule has 4 bridgehead atoms. The van der Waals surface area contributed by atoms with Crippen molar-refractivity contribution in [1.82, 2.24) is 10.6 Å². The minimum atomic E-state index is -0.566. The lowest BCUT2D eigenvalue weighted by Gasteiger charge is -2.18. The third-order valence-corrected chi connectivity index (χ3v) is 14.6. The van der Waals surface area contributed by atoms with Crippen LogP contribution in [0.5, 0.6) is 11.5 Å². The predicted molar refractivity (Wildman–Crippen MR) is 260 cm³/mol. The van der Waals surface area contributed by atoms with Crippen molar-refractivity contribution in [2.24, 2.45) is 0 Å². The zero-order valence-electron chi connectivity index (χ0n) is 36.8. The van der Waals surface area contributed by atoms with E-state index in [-0.39, 0.29) is 69.4 Å². The molecule has 8 aromatic rings. The standard InChI is InChI=1S/2C28H21ClFNO3/c1-33-26-9-8-24(29)22(27(26)30)13-31-28(32)15-6-7-17-19(10-15)16-11-20(17)21(12-16)23-14-34-25-5-3-2-4-18(23)25;1-33-26-9-8-24(29)22(27(26)30)13-31-28(32)15-6-7-17-16-11-20(19(17)10-15)21(12-16)23-14-34-25-5-3-2-4-18(23)25/h2*2-10,12,14,16,20H,11,13H2,1H3,(H,31,32). The first kappa shape index (κ1) is 43.4. The molecule has 2 heterocycles. The highest BCUT2D eigenvalue weighted by Crippen LogP contribution is 2.58. The molecule has 0 aliphatic heterocycles. The molecule has 340 valence electrons. The number of para-hydroxylation sites is 2. The van der Waals surface area contributed by atoms with Crippen LogP contribution in [-0.4, -0.2) is 26.0 Å². The third kappa shape index (κ3) is 7.43. The monoisotopic (exact) mass is 946 g/mol. The largest absolute Gasteiger partial charge is 0.494 e. The maximum absolute atomic E-state index is 14.6. The molecule has 0 fully saturated rings. The molecule has 12 heteroatoms. The maximum atomic E-state index is 14.6. The number of halogens is 4. The van der Waals surface area contributed by atoms with Gasteiger partial charge in [0.2, 0.25) is 0 Å².